The summed E-state index contributed by atoms with van der Waals surface area (Å²) in [5.74, 6) is 0.562. The average molecular weight is 363 g/mol. The molecule has 0 unspecified atom stereocenters. The SMILES string of the molecule is CCc1nn(C)c(N2CCN(C(=O)c3ccc(C)s3)CC2)c1[N+](=O)[O-]. The van der Waals surface area contributed by atoms with Crippen molar-refractivity contribution in [3.8, 4) is 0 Å². The van der Waals surface area contributed by atoms with Gasteiger partial charge in [-0.2, -0.15) is 5.10 Å². The molecule has 1 aliphatic heterocycles. The van der Waals surface area contributed by atoms with E-state index in [1.165, 1.54) is 11.3 Å². The highest BCUT2D eigenvalue weighted by atomic mass is 32.1. The Balaban J connectivity index is 1.76. The van der Waals surface area contributed by atoms with E-state index in [1.54, 1.807) is 11.7 Å². The van der Waals surface area contributed by atoms with Gasteiger partial charge in [0.1, 0.15) is 5.69 Å². The first-order chi connectivity index (χ1) is 11.9. The van der Waals surface area contributed by atoms with E-state index in [0.717, 1.165) is 9.75 Å². The van der Waals surface area contributed by atoms with Gasteiger partial charge in [0.25, 0.3) is 5.91 Å². The van der Waals surface area contributed by atoms with Crippen LogP contribution in [0.15, 0.2) is 12.1 Å². The summed E-state index contributed by atoms with van der Waals surface area (Å²) in [7, 11) is 1.73. The Morgan fingerprint density at radius 3 is 2.52 bits per heavy atom. The zero-order valence-corrected chi connectivity index (χ0v) is 15.4. The summed E-state index contributed by atoms with van der Waals surface area (Å²) in [6.45, 7) is 6.03. The van der Waals surface area contributed by atoms with Crippen molar-refractivity contribution in [3.63, 3.8) is 0 Å². The molecule has 1 saturated heterocycles. The lowest BCUT2D eigenvalue weighted by Crippen LogP contribution is -2.49. The van der Waals surface area contributed by atoms with Crippen LogP contribution in [0.5, 0.6) is 0 Å². The lowest BCUT2D eigenvalue weighted by molar-refractivity contribution is -0.384. The molecule has 0 spiro atoms. The van der Waals surface area contributed by atoms with Gasteiger partial charge in [0, 0.05) is 38.1 Å². The van der Waals surface area contributed by atoms with E-state index in [1.807, 2.05) is 35.8 Å². The van der Waals surface area contributed by atoms with Crippen molar-refractivity contribution in [2.24, 2.45) is 7.05 Å². The number of amides is 1. The van der Waals surface area contributed by atoms with Crippen LogP contribution in [0, 0.1) is 17.0 Å². The van der Waals surface area contributed by atoms with Gasteiger partial charge in [-0.15, -0.1) is 11.3 Å². The van der Waals surface area contributed by atoms with Crippen molar-refractivity contribution < 1.29 is 9.72 Å². The lowest BCUT2D eigenvalue weighted by atomic mass is 10.2. The lowest BCUT2D eigenvalue weighted by Gasteiger charge is -2.35. The monoisotopic (exact) mass is 363 g/mol. The van der Waals surface area contributed by atoms with Crippen LogP contribution in [0.2, 0.25) is 0 Å². The van der Waals surface area contributed by atoms with Crippen LogP contribution >= 0.6 is 11.3 Å². The maximum absolute atomic E-state index is 12.5. The number of piperazine rings is 1. The Labute approximate surface area is 149 Å². The Bertz CT molecular complexity index is 805. The van der Waals surface area contributed by atoms with Gasteiger partial charge in [0.2, 0.25) is 5.82 Å². The van der Waals surface area contributed by atoms with Gasteiger partial charge in [-0.25, -0.2) is 4.68 Å². The molecular weight excluding hydrogens is 342 g/mol. The molecule has 1 amide bonds. The number of nitrogens with zero attached hydrogens (tertiary/aromatic N) is 5. The van der Waals surface area contributed by atoms with Crippen LogP contribution in [0.3, 0.4) is 0 Å². The minimum atomic E-state index is -0.354. The van der Waals surface area contributed by atoms with Crippen molar-refractivity contribution in [2.75, 3.05) is 31.1 Å². The Morgan fingerprint density at radius 2 is 2.00 bits per heavy atom. The molecule has 8 nitrogen and oxygen atoms in total. The van der Waals surface area contributed by atoms with E-state index in [4.69, 9.17) is 0 Å². The molecule has 0 atom stereocenters. The number of rotatable bonds is 4. The molecule has 25 heavy (non-hydrogen) atoms. The first-order valence-electron chi connectivity index (χ1n) is 8.23. The van der Waals surface area contributed by atoms with Crippen LogP contribution in [-0.2, 0) is 13.5 Å². The fourth-order valence-corrected chi connectivity index (χ4v) is 4.00. The zero-order chi connectivity index (χ0) is 18.1. The minimum absolute atomic E-state index is 0.0338. The molecule has 9 heteroatoms. The molecule has 0 saturated carbocycles. The highest BCUT2D eigenvalue weighted by Crippen LogP contribution is 2.32. The summed E-state index contributed by atoms with van der Waals surface area (Å²) in [6.07, 6.45) is 0.514. The van der Waals surface area contributed by atoms with Crippen molar-refractivity contribution in [1.82, 2.24) is 14.7 Å². The molecule has 0 aromatic carbocycles. The van der Waals surface area contributed by atoms with Gasteiger partial charge in [-0.05, 0) is 25.5 Å². The van der Waals surface area contributed by atoms with Crippen LogP contribution < -0.4 is 4.90 Å². The van der Waals surface area contributed by atoms with E-state index in [2.05, 4.69) is 5.10 Å². The molecule has 0 N–H and O–H groups in total. The number of carbonyl (C=O) groups is 1. The Kier molecular flexibility index (Phi) is 4.76. The molecule has 134 valence electrons. The van der Waals surface area contributed by atoms with Crippen LogP contribution in [0.4, 0.5) is 11.5 Å². The highest BCUT2D eigenvalue weighted by Gasteiger charge is 2.32. The van der Waals surface area contributed by atoms with Gasteiger partial charge in [0.15, 0.2) is 0 Å². The van der Waals surface area contributed by atoms with Crippen molar-refractivity contribution >= 4 is 28.7 Å². The Hall–Kier alpha value is -2.42. The molecule has 0 aliphatic carbocycles. The number of hydrogen-bond acceptors (Lipinski definition) is 6. The smallest absolute Gasteiger partial charge is 0.334 e. The number of nitro groups is 1. The number of carbonyl (C=O) groups excluding carboxylic acids is 1. The molecule has 0 radical (unpaired) electrons. The van der Waals surface area contributed by atoms with Gasteiger partial charge in [-0.3, -0.25) is 14.9 Å². The standard InChI is InChI=1S/C16H21N5O3S/c1-4-12-14(21(23)24)15(18(3)17-12)19-7-9-20(10-8-19)16(22)13-6-5-11(2)25-13/h5-6H,4,7-10H2,1-3H3. The van der Waals surface area contributed by atoms with Crippen molar-refractivity contribution in [1.29, 1.82) is 0 Å². The second-order valence-corrected chi connectivity index (χ2v) is 7.33. The summed E-state index contributed by atoms with van der Waals surface area (Å²) >= 11 is 1.49. The fourth-order valence-electron chi connectivity index (χ4n) is 3.16. The van der Waals surface area contributed by atoms with Gasteiger partial charge >= 0.3 is 5.69 Å². The summed E-state index contributed by atoms with van der Waals surface area (Å²) in [6, 6.07) is 3.80. The maximum Gasteiger partial charge on any atom is 0.334 e. The largest absolute Gasteiger partial charge is 0.348 e. The first-order valence-corrected chi connectivity index (χ1v) is 9.05. The van der Waals surface area contributed by atoms with Gasteiger partial charge < -0.3 is 9.80 Å². The summed E-state index contributed by atoms with van der Waals surface area (Å²) in [5.41, 5.74) is 0.578. The van der Waals surface area contributed by atoms with E-state index in [9.17, 15) is 14.9 Å². The van der Waals surface area contributed by atoms with Crippen LogP contribution in [-0.4, -0.2) is 51.7 Å². The fraction of sp³-hybridized carbons (Fsp3) is 0.500. The molecular formula is C16H21N5O3S. The molecule has 0 bridgehead atoms. The number of aryl methyl sites for hydroxylation is 3. The van der Waals surface area contributed by atoms with Crippen molar-refractivity contribution in [2.45, 2.75) is 20.3 Å². The molecule has 1 aliphatic rings. The zero-order valence-electron chi connectivity index (χ0n) is 14.6. The predicted octanol–water partition coefficient (Wildman–Crippen LogP) is 2.22. The van der Waals surface area contributed by atoms with Crippen LogP contribution in [0.25, 0.3) is 0 Å². The quantitative estimate of drug-likeness (QED) is 0.614. The van der Waals surface area contributed by atoms with E-state index >= 15 is 0 Å². The normalized spacial score (nSPS) is 14.8. The van der Waals surface area contributed by atoms with E-state index in [0.29, 0.717) is 44.1 Å². The summed E-state index contributed by atoms with van der Waals surface area (Å²) in [4.78, 5) is 29.3. The average Bonchev–Trinajstić information content (AvgIpc) is 3.17. The van der Waals surface area contributed by atoms with Gasteiger partial charge in [-0.1, -0.05) is 6.92 Å². The molecule has 2 aromatic rings. The minimum Gasteiger partial charge on any atom is -0.348 e. The summed E-state index contributed by atoms with van der Waals surface area (Å²) < 4.78 is 1.58. The number of aromatic nitrogens is 2. The second-order valence-electron chi connectivity index (χ2n) is 6.04. The Morgan fingerprint density at radius 1 is 1.32 bits per heavy atom. The van der Waals surface area contributed by atoms with Crippen LogP contribution in [0.1, 0.15) is 27.2 Å². The number of anilines is 1. The molecule has 1 fully saturated rings. The van der Waals surface area contributed by atoms with E-state index < -0.39 is 0 Å². The second kappa shape index (κ2) is 6.83. The highest BCUT2D eigenvalue weighted by molar-refractivity contribution is 7.13. The molecule has 3 heterocycles. The third-order valence-electron chi connectivity index (χ3n) is 4.40. The van der Waals surface area contributed by atoms with E-state index in [-0.39, 0.29) is 16.5 Å². The summed E-state index contributed by atoms with van der Waals surface area (Å²) in [5, 5.41) is 15.8. The third kappa shape index (κ3) is 3.23. The molecule has 3 rings (SSSR count). The number of hydrogen-bond donors (Lipinski definition) is 0. The van der Waals surface area contributed by atoms with Crippen molar-refractivity contribution in [3.05, 3.63) is 37.7 Å². The predicted molar refractivity (Wildman–Crippen MR) is 96.4 cm³/mol. The molecule has 2 aromatic heterocycles. The maximum atomic E-state index is 12.5. The first kappa shape index (κ1) is 17.4. The topological polar surface area (TPSA) is 84.5 Å². The third-order valence-corrected chi connectivity index (χ3v) is 5.39. The number of thiophene rings is 1. The van der Waals surface area contributed by atoms with Gasteiger partial charge in [0.05, 0.1) is 9.80 Å².